The van der Waals surface area contributed by atoms with E-state index in [1.807, 2.05) is 0 Å². The number of rotatable bonds is 5. The summed E-state index contributed by atoms with van der Waals surface area (Å²) in [5.41, 5.74) is 5.94. The Hall–Kier alpha value is -0.570. The first-order chi connectivity index (χ1) is 8.43. The van der Waals surface area contributed by atoms with E-state index in [2.05, 4.69) is 33.0 Å². The second-order valence-corrected chi connectivity index (χ2v) is 6.32. The molecule has 18 heavy (non-hydrogen) atoms. The summed E-state index contributed by atoms with van der Waals surface area (Å²) >= 11 is 0. The van der Waals surface area contributed by atoms with Crippen LogP contribution in [0.1, 0.15) is 59.8 Å². The van der Waals surface area contributed by atoms with Crippen LogP contribution in [0.15, 0.2) is 0 Å². The molecule has 1 rings (SSSR count). The number of hydrogen-bond donors (Lipinski definition) is 2. The Bertz CT molecular complexity index is 267. The highest BCUT2D eigenvalue weighted by atomic mass is 16.1. The molecule has 1 saturated carbocycles. The van der Waals surface area contributed by atoms with Crippen molar-refractivity contribution in [3.8, 4) is 0 Å². The Labute approximate surface area is 112 Å². The van der Waals surface area contributed by atoms with Gasteiger partial charge in [-0.15, -0.1) is 0 Å². The van der Waals surface area contributed by atoms with Gasteiger partial charge >= 0.3 is 0 Å². The summed E-state index contributed by atoms with van der Waals surface area (Å²) in [6, 6.07) is 0.580. The first-order valence-corrected chi connectivity index (χ1v) is 7.50. The van der Waals surface area contributed by atoms with Gasteiger partial charge in [0.05, 0.1) is 0 Å². The van der Waals surface area contributed by atoms with Gasteiger partial charge in [-0.25, -0.2) is 0 Å². The zero-order valence-corrected chi connectivity index (χ0v) is 12.4. The van der Waals surface area contributed by atoms with E-state index in [9.17, 15) is 4.79 Å². The minimum Gasteiger partial charge on any atom is -0.353 e. The van der Waals surface area contributed by atoms with Gasteiger partial charge in [-0.3, -0.25) is 4.79 Å². The van der Waals surface area contributed by atoms with Crippen LogP contribution in [0, 0.1) is 17.8 Å². The second kappa shape index (κ2) is 7.13. The number of carbonyl (C=O) groups is 1. The van der Waals surface area contributed by atoms with Crippen molar-refractivity contribution in [1.82, 2.24) is 5.32 Å². The lowest BCUT2D eigenvalue weighted by atomic mass is 9.77. The van der Waals surface area contributed by atoms with Crippen molar-refractivity contribution < 1.29 is 4.79 Å². The molecular weight excluding hydrogens is 224 g/mol. The standard InChI is InChI=1S/C15H30N2O/c1-5-10(2)8-12(4)17-15(18)14-7-6-13(16)9-11(14)3/h10-14H,5-9,16H2,1-4H3,(H,17,18). The van der Waals surface area contributed by atoms with Crippen LogP contribution in [-0.4, -0.2) is 18.0 Å². The molecule has 1 amide bonds. The predicted molar refractivity (Wildman–Crippen MR) is 76.2 cm³/mol. The predicted octanol–water partition coefficient (Wildman–Crippen LogP) is 2.69. The minimum absolute atomic E-state index is 0.171. The zero-order chi connectivity index (χ0) is 13.7. The van der Waals surface area contributed by atoms with Crippen LogP contribution in [-0.2, 0) is 4.79 Å². The van der Waals surface area contributed by atoms with Crippen LogP contribution in [0.3, 0.4) is 0 Å². The maximum absolute atomic E-state index is 12.2. The van der Waals surface area contributed by atoms with E-state index in [1.165, 1.54) is 6.42 Å². The number of hydrogen-bond acceptors (Lipinski definition) is 2. The smallest absolute Gasteiger partial charge is 0.223 e. The van der Waals surface area contributed by atoms with E-state index in [-0.39, 0.29) is 17.9 Å². The highest BCUT2D eigenvalue weighted by Gasteiger charge is 2.31. The Kier molecular flexibility index (Phi) is 6.13. The molecule has 1 aliphatic carbocycles. The van der Waals surface area contributed by atoms with Gasteiger partial charge < -0.3 is 11.1 Å². The molecule has 0 radical (unpaired) electrons. The number of amides is 1. The fraction of sp³-hybridized carbons (Fsp3) is 0.933. The van der Waals surface area contributed by atoms with Gasteiger partial charge in [0.1, 0.15) is 0 Å². The normalized spacial score (nSPS) is 31.7. The average molecular weight is 254 g/mol. The van der Waals surface area contributed by atoms with Crippen LogP contribution in [0.25, 0.3) is 0 Å². The Morgan fingerprint density at radius 2 is 2.06 bits per heavy atom. The molecule has 0 spiro atoms. The first-order valence-electron chi connectivity index (χ1n) is 7.50. The molecule has 0 saturated heterocycles. The van der Waals surface area contributed by atoms with Crippen molar-refractivity contribution in [3.05, 3.63) is 0 Å². The molecule has 1 fully saturated rings. The number of nitrogens with two attached hydrogens (primary N) is 1. The summed E-state index contributed by atoms with van der Waals surface area (Å²) < 4.78 is 0. The molecule has 0 aliphatic heterocycles. The number of carbonyl (C=O) groups excluding carboxylic acids is 1. The van der Waals surface area contributed by atoms with Crippen LogP contribution < -0.4 is 11.1 Å². The lowest BCUT2D eigenvalue weighted by Gasteiger charge is -2.32. The van der Waals surface area contributed by atoms with Crippen molar-refractivity contribution in [2.24, 2.45) is 23.5 Å². The fourth-order valence-electron chi connectivity index (χ4n) is 3.01. The summed E-state index contributed by atoms with van der Waals surface area (Å²) in [5, 5.41) is 3.18. The summed E-state index contributed by atoms with van der Waals surface area (Å²) in [7, 11) is 0. The van der Waals surface area contributed by atoms with Gasteiger partial charge in [-0.1, -0.05) is 27.2 Å². The molecule has 3 nitrogen and oxygen atoms in total. The molecule has 0 heterocycles. The molecular formula is C15H30N2O. The SMILES string of the molecule is CCC(C)CC(C)NC(=O)C1CCC(N)CC1C. The molecule has 0 aromatic rings. The van der Waals surface area contributed by atoms with Crippen molar-refractivity contribution in [2.45, 2.75) is 71.9 Å². The molecule has 1 aliphatic rings. The molecule has 0 bridgehead atoms. The van der Waals surface area contributed by atoms with Crippen molar-refractivity contribution >= 4 is 5.91 Å². The lowest BCUT2D eigenvalue weighted by Crippen LogP contribution is -2.43. The highest BCUT2D eigenvalue weighted by molar-refractivity contribution is 5.79. The summed E-state index contributed by atoms with van der Waals surface area (Å²) in [6.45, 7) is 8.71. The summed E-state index contributed by atoms with van der Waals surface area (Å²) in [5.74, 6) is 1.51. The zero-order valence-electron chi connectivity index (χ0n) is 12.4. The van der Waals surface area contributed by atoms with Crippen LogP contribution in [0.2, 0.25) is 0 Å². The van der Waals surface area contributed by atoms with Gasteiger partial charge in [0.25, 0.3) is 0 Å². The van der Waals surface area contributed by atoms with E-state index in [1.54, 1.807) is 0 Å². The number of nitrogens with one attached hydrogen (secondary N) is 1. The van der Waals surface area contributed by atoms with Gasteiger partial charge in [0.2, 0.25) is 5.91 Å². The van der Waals surface area contributed by atoms with E-state index < -0.39 is 0 Å². The molecule has 5 unspecified atom stereocenters. The van der Waals surface area contributed by atoms with Crippen molar-refractivity contribution in [3.63, 3.8) is 0 Å². The summed E-state index contributed by atoms with van der Waals surface area (Å²) in [6.07, 6.45) is 5.17. The summed E-state index contributed by atoms with van der Waals surface area (Å²) in [4.78, 5) is 12.2. The molecule has 3 heteroatoms. The van der Waals surface area contributed by atoms with Gasteiger partial charge in [0.15, 0.2) is 0 Å². The van der Waals surface area contributed by atoms with Gasteiger partial charge in [-0.05, 0) is 44.4 Å². The highest BCUT2D eigenvalue weighted by Crippen LogP contribution is 2.29. The topological polar surface area (TPSA) is 55.1 Å². The quantitative estimate of drug-likeness (QED) is 0.792. The third-order valence-electron chi connectivity index (χ3n) is 4.39. The maximum atomic E-state index is 12.2. The van der Waals surface area contributed by atoms with Crippen molar-refractivity contribution in [2.75, 3.05) is 0 Å². The van der Waals surface area contributed by atoms with Crippen molar-refractivity contribution in [1.29, 1.82) is 0 Å². The van der Waals surface area contributed by atoms with E-state index in [4.69, 9.17) is 5.73 Å². The minimum atomic E-state index is 0.171. The molecule has 0 aromatic heterocycles. The molecule has 3 N–H and O–H groups in total. The maximum Gasteiger partial charge on any atom is 0.223 e. The van der Waals surface area contributed by atoms with Crippen LogP contribution >= 0.6 is 0 Å². The van der Waals surface area contributed by atoms with E-state index >= 15 is 0 Å². The van der Waals surface area contributed by atoms with Gasteiger partial charge in [-0.2, -0.15) is 0 Å². The third-order valence-corrected chi connectivity index (χ3v) is 4.39. The largest absolute Gasteiger partial charge is 0.353 e. The van der Waals surface area contributed by atoms with E-state index in [0.29, 0.717) is 17.9 Å². The molecule has 0 aromatic carbocycles. The molecule has 106 valence electrons. The monoisotopic (exact) mass is 254 g/mol. The lowest BCUT2D eigenvalue weighted by molar-refractivity contribution is -0.128. The fourth-order valence-corrected chi connectivity index (χ4v) is 3.01. The molecule has 5 atom stereocenters. The van der Waals surface area contributed by atoms with E-state index in [0.717, 1.165) is 25.7 Å². The van der Waals surface area contributed by atoms with Crippen LogP contribution in [0.5, 0.6) is 0 Å². The Balaban J connectivity index is 2.40. The Morgan fingerprint density at radius 1 is 1.39 bits per heavy atom. The first kappa shape index (κ1) is 15.5. The second-order valence-electron chi connectivity index (χ2n) is 6.32. The third kappa shape index (κ3) is 4.60. The Morgan fingerprint density at radius 3 is 2.61 bits per heavy atom. The van der Waals surface area contributed by atoms with Gasteiger partial charge in [0, 0.05) is 18.0 Å². The average Bonchev–Trinajstić information content (AvgIpc) is 2.28. The van der Waals surface area contributed by atoms with Crippen LogP contribution in [0.4, 0.5) is 0 Å².